The highest BCUT2D eigenvalue weighted by Crippen LogP contribution is 2.26. The zero-order chi connectivity index (χ0) is 23.4. The fourth-order valence-electron chi connectivity index (χ4n) is 4.14. The number of nitrogens with one attached hydrogen (secondary N) is 3. The van der Waals surface area contributed by atoms with Gasteiger partial charge in [-0.1, -0.05) is 11.6 Å². The molecule has 2 aromatic rings. The van der Waals surface area contributed by atoms with Gasteiger partial charge in [0.2, 0.25) is 10.0 Å². The van der Waals surface area contributed by atoms with Gasteiger partial charge in [0, 0.05) is 37.4 Å². The van der Waals surface area contributed by atoms with Crippen LogP contribution in [0.1, 0.15) is 32.1 Å². The summed E-state index contributed by atoms with van der Waals surface area (Å²) in [6.07, 6.45) is 6.58. The Labute approximate surface area is 195 Å². The summed E-state index contributed by atoms with van der Waals surface area (Å²) in [5.74, 6) is 0. The zero-order valence-electron chi connectivity index (χ0n) is 17.7. The fourth-order valence-corrected chi connectivity index (χ4v) is 5.62. The van der Waals surface area contributed by atoms with Crippen molar-refractivity contribution in [2.75, 3.05) is 18.0 Å². The molecule has 178 valence electrons. The number of aromatic nitrogens is 3. The first-order chi connectivity index (χ1) is 15.8. The Bertz CT molecular complexity index is 1140. The minimum absolute atomic E-state index is 0.0611. The first-order valence-corrected chi connectivity index (χ1v) is 12.6. The Kier molecular flexibility index (Phi) is 7.15. The van der Waals surface area contributed by atoms with Crippen LogP contribution in [-0.4, -0.2) is 61.0 Å². The number of anilines is 1. The average Bonchev–Trinajstić information content (AvgIpc) is 3.25. The molecule has 3 N–H and O–H groups in total. The van der Waals surface area contributed by atoms with E-state index in [1.807, 2.05) is 4.90 Å². The van der Waals surface area contributed by atoms with Gasteiger partial charge in [0.1, 0.15) is 16.0 Å². The highest BCUT2D eigenvalue weighted by molar-refractivity contribution is 7.89. The third kappa shape index (κ3) is 5.81. The molecule has 1 amide bonds. The summed E-state index contributed by atoms with van der Waals surface area (Å²) in [6, 6.07) is 2.80. The molecule has 3 heterocycles. The van der Waals surface area contributed by atoms with Gasteiger partial charge in [-0.2, -0.15) is 5.10 Å². The van der Waals surface area contributed by atoms with E-state index < -0.39 is 21.7 Å². The van der Waals surface area contributed by atoms with Crippen LogP contribution in [0.15, 0.2) is 40.4 Å². The fraction of sp³-hybridized carbons (Fsp3) is 0.500. The second-order valence-electron chi connectivity index (χ2n) is 8.16. The van der Waals surface area contributed by atoms with Crippen molar-refractivity contribution in [3.63, 3.8) is 0 Å². The molecule has 33 heavy (non-hydrogen) atoms. The number of carbonyl (C=O) groups excluding carboxylic acids is 1. The molecule has 0 radical (unpaired) electrons. The first kappa shape index (κ1) is 23.5. The van der Waals surface area contributed by atoms with Gasteiger partial charge >= 0.3 is 6.09 Å². The van der Waals surface area contributed by atoms with E-state index in [0.29, 0.717) is 50.9 Å². The van der Waals surface area contributed by atoms with Crippen LogP contribution in [0.2, 0.25) is 5.02 Å². The largest absolute Gasteiger partial charge is 0.444 e. The predicted molar refractivity (Wildman–Crippen MR) is 121 cm³/mol. The van der Waals surface area contributed by atoms with Crippen molar-refractivity contribution in [2.45, 2.75) is 55.2 Å². The molecule has 0 aromatic carbocycles. The van der Waals surface area contributed by atoms with Crippen LogP contribution in [0.4, 0.5) is 10.5 Å². The van der Waals surface area contributed by atoms with Gasteiger partial charge in [0.05, 0.1) is 18.4 Å². The van der Waals surface area contributed by atoms with E-state index in [4.69, 9.17) is 16.3 Å². The van der Waals surface area contributed by atoms with E-state index in [1.54, 1.807) is 6.07 Å². The Hall–Kier alpha value is -2.70. The number of sulfonamides is 1. The Morgan fingerprint density at radius 2 is 1.94 bits per heavy atom. The monoisotopic (exact) mass is 496 g/mol. The number of hydrogen-bond acceptors (Lipinski definition) is 8. The molecule has 0 spiro atoms. The molecule has 1 atom stereocenters. The van der Waals surface area contributed by atoms with Gasteiger partial charge < -0.3 is 15.0 Å². The lowest BCUT2D eigenvalue weighted by Gasteiger charge is -2.29. The molecule has 11 nitrogen and oxygen atoms in total. The maximum Gasteiger partial charge on any atom is 0.407 e. The zero-order valence-corrected chi connectivity index (χ0v) is 19.3. The average molecular weight is 497 g/mol. The smallest absolute Gasteiger partial charge is 0.407 e. The molecule has 0 bridgehead atoms. The summed E-state index contributed by atoms with van der Waals surface area (Å²) in [5.41, 5.74) is 0.0496. The van der Waals surface area contributed by atoms with E-state index in [-0.39, 0.29) is 28.1 Å². The summed E-state index contributed by atoms with van der Waals surface area (Å²) in [7, 11) is -3.61. The number of pyridine rings is 1. The number of H-pyrrole nitrogens is 1. The summed E-state index contributed by atoms with van der Waals surface area (Å²) in [6.45, 7) is 1.01. The van der Waals surface area contributed by atoms with Crippen LogP contribution in [0, 0.1) is 0 Å². The van der Waals surface area contributed by atoms with E-state index in [2.05, 4.69) is 25.2 Å². The summed E-state index contributed by atoms with van der Waals surface area (Å²) in [4.78, 5) is 29.9. The van der Waals surface area contributed by atoms with Crippen molar-refractivity contribution in [3.05, 3.63) is 46.1 Å². The molecule has 2 aromatic heterocycles. The maximum absolute atomic E-state index is 12.4. The van der Waals surface area contributed by atoms with Gasteiger partial charge in [-0.3, -0.25) is 9.78 Å². The van der Waals surface area contributed by atoms with Crippen LogP contribution in [0.25, 0.3) is 0 Å². The number of hydrogen-bond donors (Lipinski definition) is 3. The quantitative estimate of drug-likeness (QED) is 0.544. The number of ether oxygens (including phenoxy) is 1. The highest BCUT2D eigenvalue weighted by atomic mass is 35.5. The second-order valence-corrected chi connectivity index (χ2v) is 10.3. The van der Waals surface area contributed by atoms with Crippen molar-refractivity contribution in [3.8, 4) is 0 Å². The number of rotatable bonds is 6. The van der Waals surface area contributed by atoms with Gasteiger partial charge in [0.25, 0.3) is 5.56 Å². The molecule has 2 fully saturated rings. The number of halogens is 1. The lowest BCUT2D eigenvalue weighted by molar-refractivity contribution is 0.102. The van der Waals surface area contributed by atoms with Gasteiger partial charge in [0.15, 0.2) is 0 Å². The summed E-state index contributed by atoms with van der Waals surface area (Å²) in [5, 5.41) is 8.98. The molecular formula is C20H25ClN6O5S. The Morgan fingerprint density at radius 1 is 1.18 bits per heavy atom. The molecule has 1 saturated carbocycles. The minimum Gasteiger partial charge on any atom is -0.444 e. The number of aromatic amines is 1. The van der Waals surface area contributed by atoms with E-state index >= 15 is 0 Å². The standard InChI is InChI=1S/C20H25ClN6O5S/c21-18-17(11-23-25-19(18)28)27-9-7-15(12-27)32-20(29)24-13-3-5-14(6-4-13)26-33(30,31)16-2-1-8-22-10-16/h1-2,8,10-11,13-15,26H,3-7,9,12H2,(H,24,29)(H,25,28)/t13?,14?,15-/m1/s1. The van der Waals surface area contributed by atoms with E-state index in [1.165, 1.54) is 24.7 Å². The van der Waals surface area contributed by atoms with E-state index in [9.17, 15) is 18.0 Å². The van der Waals surface area contributed by atoms with Crippen molar-refractivity contribution in [2.24, 2.45) is 0 Å². The molecule has 1 saturated heterocycles. The SMILES string of the molecule is O=C(NC1CCC(NS(=O)(=O)c2cccnc2)CC1)O[C@@H]1CCN(c2cn[nH]c(=O)c2Cl)C1. The number of carbonyl (C=O) groups is 1. The molecule has 1 aliphatic heterocycles. The van der Waals surface area contributed by atoms with Crippen LogP contribution in [-0.2, 0) is 14.8 Å². The molecule has 1 aliphatic carbocycles. The van der Waals surface area contributed by atoms with Gasteiger partial charge in [-0.25, -0.2) is 23.0 Å². The molecule has 13 heteroatoms. The maximum atomic E-state index is 12.4. The number of alkyl carbamates (subject to hydrolysis) is 1. The third-order valence-corrected chi connectivity index (χ3v) is 7.72. The van der Waals surface area contributed by atoms with Gasteiger partial charge in [-0.15, -0.1) is 0 Å². The van der Waals surface area contributed by atoms with Crippen LogP contribution < -0.4 is 20.5 Å². The summed E-state index contributed by atoms with van der Waals surface area (Å²) < 4.78 is 33.1. The number of nitrogens with zero attached hydrogens (tertiary/aromatic N) is 3. The molecule has 0 unspecified atom stereocenters. The lowest BCUT2D eigenvalue weighted by Crippen LogP contribution is -2.44. The highest BCUT2D eigenvalue weighted by Gasteiger charge is 2.30. The lowest BCUT2D eigenvalue weighted by atomic mass is 9.92. The topological polar surface area (TPSA) is 146 Å². The van der Waals surface area contributed by atoms with Crippen molar-refractivity contribution < 1.29 is 17.9 Å². The van der Waals surface area contributed by atoms with Gasteiger partial charge in [-0.05, 0) is 37.8 Å². The Morgan fingerprint density at radius 3 is 2.67 bits per heavy atom. The first-order valence-electron chi connectivity index (χ1n) is 10.7. The predicted octanol–water partition coefficient (Wildman–Crippen LogP) is 1.41. The van der Waals surface area contributed by atoms with Crippen LogP contribution in [0.5, 0.6) is 0 Å². The van der Waals surface area contributed by atoms with Crippen molar-refractivity contribution >= 4 is 33.4 Å². The summed E-state index contributed by atoms with van der Waals surface area (Å²) >= 11 is 6.05. The Balaban J connectivity index is 1.21. The molecular weight excluding hydrogens is 472 g/mol. The molecule has 2 aliphatic rings. The van der Waals surface area contributed by atoms with Crippen molar-refractivity contribution in [1.29, 1.82) is 0 Å². The minimum atomic E-state index is -3.61. The van der Waals surface area contributed by atoms with Crippen LogP contribution in [0.3, 0.4) is 0 Å². The van der Waals surface area contributed by atoms with Crippen molar-refractivity contribution in [1.82, 2.24) is 25.2 Å². The third-order valence-electron chi connectivity index (χ3n) is 5.85. The normalized spacial score (nSPS) is 23.3. The molecule has 4 rings (SSSR count). The van der Waals surface area contributed by atoms with Crippen LogP contribution >= 0.6 is 11.6 Å². The second kappa shape index (κ2) is 10.1. The number of amides is 1. The van der Waals surface area contributed by atoms with E-state index in [0.717, 1.165) is 0 Å².